The standard InChI is InChI=1S/C23H27NO2/c1-22(2,25)13-12-19-8-10-20(11-9-19)18-24-16-14-23(26,15-17-24)21-6-4-3-5-7-21/h3-11,25-26H,14-18H2,1-2H3. The first-order valence-corrected chi connectivity index (χ1v) is 9.19. The van der Waals surface area contributed by atoms with E-state index >= 15 is 0 Å². The molecule has 1 saturated heterocycles. The van der Waals surface area contributed by atoms with Crippen LogP contribution in [0.25, 0.3) is 0 Å². The van der Waals surface area contributed by atoms with Crippen molar-refractivity contribution >= 4 is 0 Å². The van der Waals surface area contributed by atoms with Gasteiger partial charge in [0.2, 0.25) is 0 Å². The molecule has 3 nitrogen and oxygen atoms in total. The molecule has 1 fully saturated rings. The molecule has 0 aromatic heterocycles. The lowest BCUT2D eigenvalue weighted by molar-refractivity contribution is -0.0277. The summed E-state index contributed by atoms with van der Waals surface area (Å²) in [5.41, 5.74) is 1.50. The lowest BCUT2D eigenvalue weighted by atomic mass is 9.84. The minimum Gasteiger partial charge on any atom is -0.385 e. The summed E-state index contributed by atoms with van der Waals surface area (Å²) in [6, 6.07) is 18.2. The van der Waals surface area contributed by atoms with Crippen molar-refractivity contribution in [2.45, 2.75) is 44.4 Å². The predicted octanol–water partition coefficient (Wildman–Crippen LogP) is 3.29. The van der Waals surface area contributed by atoms with Crippen LogP contribution < -0.4 is 0 Å². The molecule has 0 aliphatic carbocycles. The van der Waals surface area contributed by atoms with E-state index in [0.29, 0.717) is 0 Å². The van der Waals surface area contributed by atoms with Crippen LogP contribution in [0.3, 0.4) is 0 Å². The molecule has 26 heavy (non-hydrogen) atoms. The van der Waals surface area contributed by atoms with Gasteiger partial charge < -0.3 is 10.2 Å². The van der Waals surface area contributed by atoms with Crippen molar-refractivity contribution in [2.75, 3.05) is 13.1 Å². The molecular formula is C23H27NO2. The van der Waals surface area contributed by atoms with E-state index in [9.17, 15) is 10.2 Å². The van der Waals surface area contributed by atoms with E-state index in [1.54, 1.807) is 13.8 Å². The monoisotopic (exact) mass is 349 g/mol. The number of piperidine rings is 1. The fraction of sp³-hybridized carbons (Fsp3) is 0.391. The SMILES string of the molecule is CC(C)(O)C#Cc1ccc(CN2CCC(O)(c3ccccc3)CC2)cc1. The molecule has 3 heteroatoms. The van der Waals surface area contributed by atoms with Crippen LogP contribution >= 0.6 is 0 Å². The summed E-state index contributed by atoms with van der Waals surface area (Å²) < 4.78 is 0. The Morgan fingerprint density at radius 2 is 1.62 bits per heavy atom. The average molecular weight is 349 g/mol. The summed E-state index contributed by atoms with van der Waals surface area (Å²) in [6.07, 6.45) is 1.51. The van der Waals surface area contributed by atoms with Gasteiger partial charge in [0.1, 0.15) is 5.60 Å². The molecule has 1 aliphatic rings. The van der Waals surface area contributed by atoms with E-state index in [1.807, 2.05) is 42.5 Å². The van der Waals surface area contributed by atoms with Crippen molar-refractivity contribution in [1.82, 2.24) is 4.90 Å². The molecule has 136 valence electrons. The molecule has 0 spiro atoms. The minimum absolute atomic E-state index is 0.700. The smallest absolute Gasteiger partial charge is 0.120 e. The van der Waals surface area contributed by atoms with Gasteiger partial charge >= 0.3 is 0 Å². The highest BCUT2D eigenvalue weighted by molar-refractivity contribution is 5.37. The molecule has 2 aromatic carbocycles. The maximum absolute atomic E-state index is 10.9. The Bertz CT molecular complexity index is 771. The fourth-order valence-electron chi connectivity index (χ4n) is 3.29. The summed E-state index contributed by atoms with van der Waals surface area (Å²) in [7, 11) is 0. The fourth-order valence-corrected chi connectivity index (χ4v) is 3.29. The zero-order chi connectivity index (χ0) is 18.6. The molecule has 0 amide bonds. The second kappa shape index (κ2) is 7.63. The van der Waals surface area contributed by atoms with Crippen LogP contribution in [0.1, 0.15) is 43.4 Å². The maximum Gasteiger partial charge on any atom is 0.120 e. The first-order valence-electron chi connectivity index (χ1n) is 9.19. The third-order valence-corrected chi connectivity index (χ3v) is 4.87. The second-order valence-electron chi connectivity index (χ2n) is 7.68. The van der Waals surface area contributed by atoms with E-state index in [4.69, 9.17) is 0 Å². The van der Waals surface area contributed by atoms with Crippen LogP contribution in [0.2, 0.25) is 0 Å². The molecule has 0 radical (unpaired) electrons. The van der Waals surface area contributed by atoms with Gasteiger partial charge in [-0.05, 0) is 49.9 Å². The molecule has 2 aromatic rings. The van der Waals surface area contributed by atoms with Gasteiger partial charge in [0.05, 0.1) is 5.60 Å². The van der Waals surface area contributed by atoms with Gasteiger partial charge in [-0.3, -0.25) is 4.90 Å². The van der Waals surface area contributed by atoms with Gasteiger partial charge in [-0.15, -0.1) is 0 Å². The Hall–Kier alpha value is -2.12. The number of nitrogens with zero attached hydrogens (tertiary/aromatic N) is 1. The highest BCUT2D eigenvalue weighted by atomic mass is 16.3. The van der Waals surface area contributed by atoms with Crippen LogP contribution in [-0.2, 0) is 12.1 Å². The molecule has 1 aliphatic heterocycles. The molecule has 3 rings (SSSR count). The number of benzene rings is 2. The first-order chi connectivity index (χ1) is 12.3. The number of hydrogen-bond acceptors (Lipinski definition) is 3. The Labute approximate surface area is 156 Å². The highest BCUT2D eigenvalue weighted by Crippen LogP contribution is 2.33. The third-order valence-electron chi connectivity index (χ3n) is 4.87. The molecule has 1 heterocycles. The van der Waals surface area contributed by atoms with Crippen molar-refractivity contribution in [3.63, 3.8) is 0 Å². The summed E-state index contributed by atoms with van der Waals surface area (Å²) in [5, 5.41) is 20.6. The number of rotatable bonds is 3. The number of hydrogen-bond donors (Lipinski definition) is 2. The maximum atomic E-state index is 10.9. The van der Waals surface area contributed by atoms with Gasteiger partial charge in [-0.2, -0.15) is 0 Å². The zero-order valence-corrected chi connectivity index (χ0v) is 15.6. The third kappa shape index (κ3) is 4.95. The van der Waals surface area contributed by atoms with Crippen LogP contribution in [0.15, 0.2) is 54.6 Å². The lowest BCUT2D eigenvalue weighted by Crippen LogP contribution is -2.42. The van der Waals surface area contributed by atoms with Crippen molar-refractivity contribution < 1.29 is 10.2 Å². The van der Waals surface area contributed by atoms with Gasteiger partial charge in [0.25, 0.3) is 0 Å². The average Bonchev–Trinajstić information content (AvgIpc) is 2.63. The minimum atomic E-state index is -0.970. The zero-order valence-electron chi connectivity index (χ0n) is 15.6. The number of aliphatic hydroxyl groups is 2. The number of likely N-dealkylation sites (tertiary alicyclic amines) is 1. The van der Waals surface area contributed by atoms with E-state index in [1.165, 1.54) is 5.56 Å². The van der Waals surface area contributed by atoms with Crippen molar-refractivity contribution in [3.05, 3.63) is 71.3 Å². The van der Waals surface area contributed by atoms with E-state index < -0.39 is 11.2 Å². The van der Waals surface area contributed by atoms with E-state index in [0.717, 1.165) is 43.6 Å². The van der Waals surface area contributed by atoms with Crippen molar-refractivity contribution in [3.8, 4) is 11.8 Å². The topological polar surface area (TPSA) is 43.7 Å². The van der Waals surface area contributed by atoms with Gasteiger partial charge in [-0.25, -0.2) is 0 Å². The molecule has 0 saturated carbocycles. The molecular weight excluding hydrogens is 322 g/mol. The Morgan fingerprint density at radius 3 is 2.19 bits per heavy atom. The quantitative estimate of drug-likeness (QED) is 0.836. The van der Waals surface area contributed by atoms with Gasteiger partial charge in [-0.1, -0.05) is 54.3 Å². The Morgan fingerprint density at radius 1 is 1.00 bits per heavy atom. The normalized spacial score (nSPS) is 17.4. The van der Waals surface area contributed by atoms with Crippen LogP contribution in [0, 0.1) is 11.8 Å². The van der Waals surface area contributed by atoms with Crippen LogP contribution in [-0.4, -0.2) is 33.8 Å². The summed E-state index contributed by atoms with van der Waals surface area (Å²) in [6.45, 7) is 6.00. The molecule has 0 bridgehead atoms. The highest BCUT2D eigenvalue weighted by Gasteiger charge is 2.33. The Balaban J connectivity index is 1.57. The molecule has 0 unspecified atom stereocenters. The van der Waals surface area contributed by atoms with Crippen molar-refractivity contribution in [2.24, 2.45) is 0 Å². The van der Waals surface area contributed by atoms with Crippen molar-refractivity contribution in [1.29, 1.82) is 0 Å². The largest absolute Gasteiger partial charge is 0.385 e. The lowest BCUT2D eigenvalue weighted by Gasteiger charge is -2.38. The predicted molar refractivity (Wildman–Crippen MR) is 104 cm³/mol. The van der Waals surface area contributed by atoms with E-state index in [-0.39, 0.29) is 0 Å². The molecule has 2 N–H and O–H groups in total. The van der Waals surface area contributed by atoms with Crippen LogP contribution in [0.5, 0.6) is 0 Å². The first kappa shape index (κ1) is 18.7. The second-order valence-corrected chi connectivity index (χ2v) is 7.68. The Kier molecular flexibility index (Phi) is 5.48. The van der Waals surface area contributed by atoms with Crippen LogP contribution in [0.4, 0.5) is 0 Å². The summed E-state index contributed by atoms with van der Waals surface area (Å²) in [4.78, 5) is 2.38. The van der Waals surface area contributed by atoms with Gasteiger partial charge in [0, 0.05) is 25.2 Å². The van der Waals surface area contributed by atoms with E-state index in [2.05, 4.69) is 28.9 Å². The molecule has 0 atom stereocenters. The summed E-state index contributed by atoms with van der Waals surface area (Å²) >= 11 is 0. The summed E-state index contributed by atoms with van der Waals surface area (Å²) in [5.74, 6) is 5.83. The van der Waals surface area contributed by atoms with Gasteiger partial charge in [0.15, 0.2) is 0 Å².